The van der Waals surface area contributed by atoms with Gasteiger partial charge in [-0.25, -0.2) is 0 Å². The van der Waals surface area contributed by atoms with Crippen molar-refractivity contribution in [3.05, 3.63) is 6.20 Å². The molecule has 4 N–H and O–H groups in total. The van der Waals surface area contributed by atoms with Crippen molar-refractivity contribution in [1.82, 2.24) is 20.2 Å². The number of nitrogen functional groups attached to an aromatic ring is 1. The van der Waals surface area contributed by atoms with Crippen LogP contribution in [0.1, 0.15) is 6.92 Å². The van der Waals surface area contributed by atoms with Crippen LogP contribution in [-0.4, -0.2) is 45.0 Å². The minimum absolute atomic E-state index is 0.0666. The summed E-state index contributed by atoms with van der Waals surface area (Å²) in [6, 6.07) is 0. The van der Waals surface area contributed by atoms with Crippen LogP contribution in [0.4, 0.5) is 11.8 Å². The van der Waals surface area contributed by atoms with Crippen LogP contribution >= 0.6 is 0 Å². The van der Waals surface area contributed by atoms with Crippen molar-refractivity contribution < 1.29 is 5.11 Å². The summed E-state index contributed by atoms with van der Waals surface area (Å²) in [5.74, 6) is 0.899. The van der Waals surface area contributed by atoms with Gasteiger partial charge >= 0.3 is 0 Å². The van der Waals surface area contributed by atoms with Gasteiger partial charge in [0.15, 0.2) is 5.65 Å². The number of aliphatic hydroxyl groups excluding tert-OH is 1. The van der Waals surface area contributed by atoms with Crippen LogP contribution in [0, 0.1) is 0 Å². The van der Waals surface area contributed by atoms with E-state index in [-0.39, 0.29) is 12.6 Å². The zero-order valence-corrected chi connectivity index (χ0v) is 9.01. The molecule has 0 amide bonds. The van der Waals surface area contributed by atoms with Crippen LogP contribution in [0.5, 0.6) is 0 Å². The third-order valence-corrected chi connectivity index (χ3v) is 2.36. The zero-order chi connectivity index (χ0) is 11.5. The van der Waals surface area contributed by atoms with Crippen molar-refractivity contribution >= 4 is 22.8 Å². The molecule has 0 saturated carbocycles. The molecular formula is C9H14N6O. The molecule has 0 aliphatic rings. The summed E-state index contributed by atoms with van der Waals surface area (Å²) in [5.41, 5.74) is 6.22. The Morgan fingerprint density at radius 3 is 3.00 bits per heavy atom. The number of likely N-dealkylation sites (N-methyl/N-ethyl adjacent to an activating group) is 1. The van der Waals surface area contributed by atoms with Crippen molar-refractivity contribution in [3.8, 4) is 0 Å². The summed E-state index contributed by atoms with van der Waals surface area (Å²) in [4.78, 5) is 10.1. The first-order chi connectivity index (χ1) is 7.76. The van der Waals surface area contributed by atoms with E-state index in [0.29, 0.717) is 18.0 Å². The van der Waals surface area contributed by atoms with E-state index in [9.17, 15) is 0 Å². The molecule has 2 heterocycles. The summed E-state index contributed by atoms with van der Waals surface area (Å²) in [5, 5.41) is 16.5. The Balaban J connectivity index is 2.52. The van der Waals surface area contributed by atoms with Crippen LogP contribution in [0.15, 0.2) is 6.20 Å². The lowest BCUT2D eigenvalue weighted by atomic mass is 10.3. The number of nitrogens with zero attached hydrogens (tertiary/aromatic N) is 4. The van der Waals surface area contributed by atoms with Crippen molar-refractivity contribution in [3.63, 3.8) is 0 Å². The number of aliphatic hydroxyl groups is 1. The normalized spacial score (nSPS) is 10.9. The number of aromatic amines is 1. The molecule has 0 radical (unpaired) electrons. The lowest BCUT2D eigenvalue weighted by Crippen LogP contribution is -2.27. The second-order valence-corrected chi connectivity index (χ2v) is 3.34. The van der Waals surface area contributed by atoms with Gasteiger partial charge in [-0.1, -0.05) is 0 Å². The number of H-pyrrole nitrogens is 1. The number of rotatable bonds is 4. The predicted octanol–water partition coefficient (Wildman–Crippen LogP) is -0.246. The van der Waals surface area contributed by atoms with Gasteiger partial charge in [0.1, 0.15) is 5.82 Å². The second kappa shape index (κ2) is 4.31. The molecule has 0 aliphatic heterocycles. The second-order valence-electron chi connectivity index (χ2n) is 3.34. The molecule has 0 atom stereocenters. The molecule has 86 valence electrons. The maximum absolute atomic E-state index is 8.98. The molecule has 7 nitrogen and oxygen atoms in total. The fraction of sp³-hybridized carbons (Fsp3) is 0.444. The fourth-order valence-corrected chi connectivity index (χ4v) is 1.61. The van der Waals surface area contributed by atoms with Crippen LogP contribution in [0.25, 0.3) is 11.0 Å². The minimum atomic E-state index is 0.0666. The predicted molar refractivity (Wildman–Crippen MR) is 61.1 cm³/mol. The van der Waals surface area contributed by atoms with E-state index in [1.165, 1.54) is 0 Å². The van der Waals surface area contributed by atoms with Crippen molar-refractivity contribution in [1.29, 1.82) is 0 Å². The Labute approximate surface area is 92.3 Å². The maximum Gasteiger partial charge on any atom is 0.224 e. The number of nitrogens with one attached hydrogen (secondary N) is 1. The summed E-state index contributed by atoms with van der Waals surface area (Å²) >= 11 is 0. The van der Waals surface area contributed by atoms with Gasteiger partial charge in [0, 0.05) is 13.1 Å². The molecule has 2 aromatic rings. The van der Waals surface area contributed by atoms with E-state index in [0.717, 1.165) is 11.9 Å². The molecule has 0 unspecified atom stereocenters. The Hall–Kier alpha value is -1.89. The molecule has 2 aromatic heterocycles. The SMILES string of the molecule is CCN(CCO)c1nc(N)nc2[nH]ncc12. The Morgan fingerprint density at radius 2 is 2.31 bits per heavy atom. The van der Waals surface area contributed by atoms with Crippen molar-refractivity contribution in [2.75, 3.05) is 30.3 Å². The van der Waals surface area contributed by atoms with Gasteiger partial charge in [-0.15, -0.1) is 0 Å². The van der Waals surface area contributed by atoms with Crippen LogP contribution < -0.4 is 10.6 Å². The molecule has 7 heteroatoms. The minimum Gasteiger partial charge on any atom is -0.395 e. The molecule has 0 aromatic carbocycles. The first-order valence-electron chi connectivity index (χ1n) is 5.08. The van der Waals surface area contributed by atoms with E-state index < -0.39 is 0 Å². The molecule has 0 saturated heterocycles. The third kappa shape index (κ3) is 1.76. The van der Waals surface area contributed by atoms with Gasteiger partial charge in [0.2, 0.25) is 5.95 Å². The average Bonchev–Trinajstić information content (AvgIpc) is 2.72. The smallest absolute Gasteiger partial charge is 0.224 e. The number of fused-ring (bicyclic) bond motifs is 1. The first-order valence-corrected chi connectivity index (χ1v) is 5.08. The fourth-order valence-electron chi connectivity index (χ4n) is 1.61. The van der Waals surface area contributed by atoms with Crippen molar-refractivity contribution in [2.24, 2.45) is 0 Å². The lowest BCUT2D eigenvalue weighted by Gasteiger charge is -2.21. The van der Waals surface area contributed by atoms with Crippen LogP contribution in [-0.2, 0) is 0 Å². The van der Waals surface area contributed by atoms with Gasteiger partial charge in [0.05, 0.1) is 18.2 Å². The lowest BCUT2D eigenvalue weighted by molar-refractivity contribution is 0.302. The summed E-state index contributed by atoms with van der Waals surface area (Å²) in [6.07, 6.45) is 1.66. The Bertz CT molecular complexity index is 482. The van der Waals surface area contributed by atoms with Gasteiger partial charge in [-0.3, -0.25) is 5.10 Å². The third-order valence-electron chi connectivity index (χ3n) is 2.36. The van der Waals surface area contributed by atoms with Gasteiger partial charge in [0.25, 0.3) is 0 Å². The first kappa shape index (κ1) is 10.6. The van der Waals surface area contributed by atoms with E-state index in [1.54, 1.807) is 6.20 Å². The van der Waals surface area contributed by atoms with E-state index in [1.807, 2.05) is 11.8 Å². The molecule has 0 spiro atoms. The van der Waals surface area contributed by atoms with Gasteiger partial charge in [-0.2, -0.15) is 15.1 Å². The average molecular weight is 222 g/mol. The quantitative estimate of drug-likeness (QED) is 0.659. The van der Waals surface area contributed by atoms with Crippen LogP contribution in [0.3, 0.4) is 0 Å². The standard InChI is InChI=1S/C9H14N6O/c1-2-15(3-4-16)8-6-5-11-14-7(6)12-9(10)13-8/h5,16H,2-4H2,1H3,(H3,10,11,12,13,14). The largest absolute Gasteiger partial charge is 0.395 e. The maximum atomic E-state index is 8.98. The topological polar surface area (TPSA) is 104 Å². The van der Waals surface area contributed by atoms with E-state index in [4.69, 9.17) is 10.8 Å². The molecule has 16 heavy (non-hydrogen) atoms. The zero-order valence-electron chi connectivity index (χ0n) is 9.01. The number of hydrogen-bond donors (Lipinski definition) is 3. The number of nitrogens with two attached hydrogens (primary N) is 1. The van der Waals surface area contributed by atoms with E-state index in [2.05, 4.69) is 20.2 Å². The Morgan fingerprint density at radius 1 is 1.50 bits per heavy atom. The highest BCUT2D eigenvalue weighted by Gasteiger charge is 2.13. The monoisotopic (exact) mass is 222 g/mol. The summed E-state index contributed by atoms with van der Waals surface area (Å²) in [6.45, 7) is 3.29. The number of anilines is 2. The molecule has 0 fully saturated rings. The highest BCUT2D eigenvalue weighted by Crippen LogP contribution is 2.22. The molecule has 0 aliphatic carbocycles. The highest BCUT2D eigenvalue weighted by atomic mass is 16.3. The Kier molecular flexibility index (Phi) is 2.86. The highest BCUT2D eigenvalue weighted by molar-refractivity contribution is 5.87. The summed E-state index contributed by atoms with van der Waals surface area (Å²) < 4.78 is 0. The van der Waals surface area contributed by atoms with Crippen LogP contribution in [0.2, 0.25) is 0 Å². The number of aromatic nitrogens is 4. The molecule has 0 bridgehead atoms. The molecule has 2 rings (SSSR count). The molecular weight excluding hydrogens is 208 g/mol. The number of hydrogen-bond acceptors (Lipinski definition) is 6. The van der Waals surface area contributed by atoms with Gasteiger partial charge in [-0.05, 0) is 6.92 Å². The van der Waals surface area contributed by atoms with Gasteiger partial charge < -0.3 is 15.7 Å². The van der Waals surface area contributed by atoms with E-state index >= 15 is 0 Å². The van der Waals surface area contributed by atoms with Crippen molar-refractivity contribution in [2.45, 2.75) is 6.92 Å². The summed E-state index contributed by atoms with van der Waals surface area (Å²) in [7, 11) is 0.